The predicted octanol–water partition coefficient (Wildman–Crippen LogP) is 2.59. The highest BCUT2D eigenvalue weighted by Gasteiger charge is 2.36. The van der Waals surface area contributed by atoms with E-state index in [1.165, 1.54) is 12.0 Å². The molecule has 1 aromatic rings. The summed E-state index contributed by atoms with van der Waals surface area (Å²) in [4.78, 5) is 0. The molecule has 1 aliphatic rings. The van der Waals surface area contributed by atoms with Crippen molar-refractivity contribution >= 4 is 24.8 Å². The number of benzene rings is 1. The number of rotatable bonds is 2. The van der Waals surface area contributed by atoms with Crippen molar-refractivity contribution in [1.82, 2.24) is 0 Å². The second-order valence-electron chi connectivity index (χ2n) is 3.25. The van der Waals surface area contributed by atoms with E-state index in [2.05, 4.69) is 30.3 Å². The molecule has 0 amide bonds. The van der Waals surface area contributed by atoms with Crippen molar-refractivity contribution in [1.29, 1.82) is 0 Å². The Hall–Kier alpha value is -0.240. The van der Waals surface area contributed by atoms with Gasteiger partial charge in [0, 0.05) is 0 Å². The minimum atomic E-state index is 0. The van der Waals surface area contributed by atoms with Crippen molar-refractivity contribution in [2.75, 3.05) is 6.54 Å². The molecule has 0 aromatic heterocycles. The van der Waals surface area contributed by atoms with Crippen LogP contribution in [0.5, 0.6) is 0 Å². The van der Waals surface area contributed by atoms with Gasteiger partial charge in [0.2, 0.25) is 0 Å². The molecule has 0 aliphatic heterocycles. The fourth-order valence-corrected chi connectivity index (χ4v) is 1.62. The molecule has 1 saturated carbocycles. The van der Waals surface area contributed by atoms with E-state index in [-0.39, 0.29) is 24.8 Å². The van der Waals surface area contributed by atoms with Crippen molar-refractivity contribution in [3.63, 3.8) is 0 Å². The predicted molar refractivity (Wildman–Crippen MR) is 60.8 cm³/mol. The van der Waals surface area contributed by atoms with Crippen molar-refractivity contribution in [3.8, 4) is 0 Å². The van der Waals surface area contributed by atoms with Gasteiger partial charge in [-0.1, -0.05) is 30.3 Å². The lowest BCUT2D eigenvalue weighted by molar-refractivity contribution is 0.810. The molecule has 2 unspecified atom stereocenters. The monoisotopic (exact) mass is 219 g/mol. The molecule has 2 atom stereocenters. The van der Waals surface area contributed by atoms with Crippen molar-refractivity contribution in [2.24, 2.45) is 11.7 Å². The van der Waals surface area contributed by atoms with Crippen LogP contribution in [0.15, 0.2) is 30.3 Å². The first-order valence-electron chi connectivity index (χ1n) is 4.17. The maximum absolute atomic E-state index is 5.56. The normalized spacial score (nSPS) is 24.1. The van der Waals surface area contributed by atoms with E-state index in [0.717, 1.165) is 18.4 Å². The van der Waals surface area contributed by atoms with Gasteiger partial charge >= 0.3 is 0 Å². The van der Waals surface area contributed by atoms with Gasteiger partial charge in [-0.2, -0.15) is 0 Å². The quantitative estimate of drug-likeness (QED) is 0.814. The maximum Gasteiger partial charge on any atom is -0.00428 e. The topological polar surface area (TPSA) is 26.0 Å². The van der Waals surface area contributed by atoms with Crippen LogP contribution in [-0.4, -0.2) is 6.54 Å². The largest absolute Gasteiger partial charge is 0.330 e. The van der Waals surface area contributed by atoms with E-state index in [1.807, 2.05) is 0 Å². The Kier molecular flexibility index (Phi) is 5.38. The van der Waals surface area contributed by atoms with Gasteiger partial charge in [-0.15, -0.1) is 24.8 Å². The molecule has 0 saturated heterocycles. The minimum Gasteiger partial charge on any atom is -0.330 e. The number of hydrogen-bond acceptors (Lipinski definition) is 1. The van der Waals surface area contributed by atoms with Crippen molar-refractivity contribution < 1.29 is 0 Å². The summed E-state index contributed by atoms with van der Waals surface area (Å²) in [6.07, 6.45) is 1.29. The average Bonchev–Trinajstić information content (AvgIpc) is 2.85. The molecule has 1 nitrogen and oxygen atoms in total. The van der Waals surface area contributed by atoms with Crippen LogP contribution in [0.2, 0.25) is 0 Å². The van der Waals surface area contributed by atoms with Gasteiger partial charge in [0.25, 0.3) is 0 Å². The van der Waals surface area contributed by atoms with Crippen LogP contribution in [0.25, 0.3) is 0 Å². The van der Waals surface area contributed by atoms with Gasteiger partial charge in [-0.3, -0.25) is 0 Å². The average molecular weight is 220 g/mol. The van der Waals surface area contributed by atoms with Crippen molar-refractivity contribution in [2.45, 2.75) is 12.3 Å². The van der Waals surface area contributed by atoms with Crippen LogP contribution in [0.3, 0.4) is 0 Å². The molecular formula is C10H15Cl2N. The highest BCUT2D eigenvalue weighted by molar-refractivity contribution is 5.85. The van der Waals surface area contributed by atoms with Crippen LogP contribution in [0.1, 0.15) is 17.9 Å². The zero-order valence-electron chi connectivity index (χ0n) is 7.35. The van der Waals surface area contributed by atoms with Gasteiger partial charge in [-0.25, -0.2) is 0 Å². The highest BCUT2D eigenvalue weighted by atomic mass is 35.5. The van der Waals surface area contributed by atoms with E-state index in [1.54, 1.807) is 0 Å². The Balaban J connectivity index is 0.000000720. The van der Waals surface area contributed by atoms with Crippen molar-refractivity contribution in [3.05, 3.63) is 35.9 Å². The third kappa shape index (κ3) is 2.87. The smallest absolute Gasteiger partial charge is 0.00428 e. The van der Waals surface area contributed by atoms with E-state index >= 15 is 0 Å². The van der Waals surface area contributed by atoms with E-state index in [4.69, 9.17) is 5.73 Å². The Bertz CT molecular complexity index is 238. The molecule has 0 radical (unpaired) electrons. The lowest BCUT2D eigenvalue weighted by atomic mass is 10.1. The summed E-state index contributed by atoms with van der Waals surface area (Å²) in [7, 11) is 0. The Morgan fingerprint density at radius 3 is 2.23 bits per heavy atom. The SMILES string of the molecule is Cl.Cl.NCC1CC1c1ccccc1. The van der Waals surface area contributed by atoms with Crippen LogP contribution in [0.4, 0.5) is 0 Å². The summed E-state index contributed by atoms with van der Waals surface area (Å²) in [6.45, 7) is 0.847. The van der Waals surface area contributed by atoms with Gasteiger partial charge in [0.15, 0.2) is 0 Å². The molecule has 1 aromatic carbocycles. The molecule has 2 N–H and O–H groups in total. The second-order valence-corrected chi connectivity index (χ2v) is 3.25. The fourth-order valence-electron chi connectivity index (χ4n) is 1.62. The summed E-state index contributed by atoms with van der Waals surface area (Å²) in [5.74, 6) is 1.53. The first-order valence-corrected chi connectivity index (χ1v) is 4.17. The molecule has 74 valence electrons. The number of hydrogen-bond donors (Lipinski definition) is 1. The zero-order valence-corrected chi connectivity index (χ0v) is 8.98. The third-order valence-corrected chi connectivity index (χ3v) is 2.45. The lowest BCUT2D eigenvalue weighted by Crippen LogP contribution is -2.01. The van der Waals surface area contributed by atoms with Gasteiger partial charge in [0.05, 0.1) is 0 Å². The molecule has 1 aliphatic carbocycles. The number of nitrogens with two attached hydrogens (primary N) is 1. The van der Waals surface area contributed by atoms with Crippen LogP contribution in [-0.2, 0) is 0 Å². The van der Waals surface area contributed by atoms with Gasteiger partial charge < -0.3 is 5.73 Å². The molecular weight excluding hydrogens is 205 g/mol. The molecule has 0 bridgehead atoms. The Morgan fingerprint density at radius 1 is 1.15 bits per heavy atom. The van der Waals surface area contributed by atoms with Crippen LogP contribution < -0.4 is 5.73 Å². The summed E-state index contributed by atoms with van der Waals surface area (Å²) in [6, 6.07) is 10.6. The summed E-state index contributed by atoms with van der Waals surface area (Å²) in [5, 5.41) is 0. The molecule has 3 heteroatoms. The highest BCUT2D eigenvalue weighted by Crippen LogP contribution is 2.46. The second kappa shape index (κ2) is 5.48. The summed E-state index contributed by atoms with van der Waals surface area (Å²) < 4.78 is 0. The Labute approximate surface area is 91.5 Å². The van der Waals surface area contributed by atoms with E-state index in [0.29, 0.717) is 0 Å². The molecule has 2 rings (SSSR count). The standard InChI is InChI=1S/C10H13N.2ClH/c11-7-9-6-10(9)8-4-2-1-3-5-8;;/h1-5,9-10H,6-7,11H2;2*1H. The molecule has 13 heavy (non-hydrogen) atoms. The first-order chi connectivity index (χ1) is 5.42. The third-order valence-electron chi connectivity index (χ3n) is 2.45. The maximum atomic E-state index is 5.56. The molecule has 0 spiro atoms. The first kappa shape index (κ1) is 12.8. The molecule has 1 fully saturated rings. The van der Waals surface area contributed by atoms with Crippen LogP contribution >= 0.6 is 24.8 Å². The zero-order chi connectivity index (χ0) is 7.68. The van der Waals surface area contributed by atoms with E-state index < -0.39 is 0 Å². The number of halogens is 2. The summed E-state index contributed by atoms with van der Waals surface area (Å²) in [5.41, 5.74) is 7.02. The van der Waals surface area contributed by atoms with Gasteiger partial charge in [-0.05, 0) is 30.4 Å². The minimum absolute atomic E-state index is 0. The Morgan fingerprint density at radius 2 is 1.77 bits per heavy atom. The van der Waals surface area contributed by atoms with Crippen LogP contribution in [0, 0.1) is 5.92 Å². The van der Waals surface area contributed by atoms with E-state index in [9.17, 15) is 0 Å². The lowest BCUT2D eigenvalue weighted by Gasteiger charge is -1.96. The van der Waals surface area contributed by atoms with Gasteiger partial charge in [0.1, 0.15) is 0 Å². The molecule has 0 heterocycles. The fraction of sp³-hybridized carbons (Fsp3) is 0.400. The summed E-state index contributed by atoms with van der Waals surface area (Å²) >= 11 is 0.